The molecule has 8 amide bonds. The van der Waals surface area contributed by atoms with Crippen molar-refractivity contribution in [3.05, 3.63) is 51.4 Å². The number of nitrogens with zero attached hydrogens (tertiary/aromatic N) is 5. The number of H-pyrrole nitrogens is 1. The number of anilines is 1. The molecule has 3 aliphatic rings. The molecule has 41 heteroatoms. The molecule has 25 N–H and O–H groups in total. The molecule has 2 fully saturated rings. The van der Waals surface area contributed by atoms with Crippen LogP contribution in [0.3, 0.4) is 0 Å². The van der Waals surface area contributed by atoms with Crippen LogP contribution in [0.25, 0.3) is 0 Å². The lowest BCUT2D eigenvalue weighted by Gasteiger charge is -2.47. The number of nitrogens with two attached hydrogens (primary N) is 5. The number of nitrogens with one attached hydrogen (secondary N) is 7. The Balaban J connectivity index is 1.26. The van der Waals surface area contributed by atoms with Gasteiger partial charge in [0, 0.05) is 55.6 Å². The smallest absolute Gasteiger partial charge is 0.404 e. The summed E-state index contributed by atoms with van der Waals surface area (Å²) in [4.78, 5) is 131. The average molecular weight is 1420 g/mol. The summed E-state index contributed by atoms with van der Waals surface area (Å²) < 4.78 is 28.7. The first-order valence-corrected chi connectivity index (χ1v) is 34.2. The summed E-state index contributed by atoms with van der Waals surface area (Å²) in [6.45, 7) is 3.25. The fraction of sp³-hybridized carbons (Fsp3) is 0.655. The first-order valence-electron chi connectivity index (χ1n) is 30.1. The Bertz CT molecular complexity index is 3180. The normalized spacial score (nSPS) is 25.5. The number of imidazole rings is 1. The van der Waals surface area contributed by atoms with Crippen molar-refractivity contribution >= 4 is 92.3 Å². The van der Waals surface area contributed by atoms with E-state index < -0.39 is 183 Å². The van der Waals surface area contributed by atoms with Crippen molar-refractivity contribution in [3.8, 4) is 0 Å². The zero-order valence-corrected chi connectivity index (χ0v) is 55.5. The summed E-state index contributed by atoms with van der Waals surface area (Å²) in [7, 11) is 0.261. The fourth-order valence-corrected chi connectivity index (χ4v) is 12.7. The zero-order chi connectivity index (χ0) is 71.0. The molecule has 20 unspecified atom stereocenters. The number of hydrogen-bond acceptors (Lipinski definition) is 31. The largest absolute Gasteiger partial charge is 0.441 e. The van der Waals surface area contributed by atoms with Crippen LogP contribution in [0.1, 0.15) is 101 Å². The van der Waals surface area contributed by atoms with Crippen molar-refractivity contribution in [2.45, 2.75) is 163 Å². The Labute approximate surface area is 560 Å². The number of amides is 8. The number of thioether (sulfide) groups is 1. The van der Waals surface area contributed by atoms with Crippen molar-refractivity contribution in [2.24, 2.45) is 33.8 Å². The molecule has 6 rings (SSSR count). The van der Waals surface area contributed by atoms with Gasteiger partial charge >= 0.3 is 6.09 Å². The van der Waals surface area contributed by atoms with E-state index in [0.717, 1.165) is 24.7 Å². The maximum atomic E-state index is 15.2. The van der Waals surface area contributed by atoms with Crippen molar-refractivity contribution in [2.75, 3.05) is 62.6 Å². The van der Waals surface area contributed by atoms with E-state index in [1.54, 1.807) is 5.38 Å². The van der Waals surface area contributed by atoms with Crippen LogP contribution in [-0.2, 0) is 58.6 Å². The zero-order valence-electron chi connectivity index (χ0n) is 53.1. The number of rotatable bonds is 35. The molecule has 38 nitrogen and oxygen atoms in total. The topological polar surface area (TPSA) is 627 Å². The van der Waals surface area contributed by atoms with Gasteiger partial charge in [-0.1, -0.05) is 6.92 Å². The van der Waals surface area contributed by atoms with Gasteiger partial charge in [-0.25, -0.2) is 24.7 Å². The van der Waals surface area contributed by atoms with Gasteiger partial charge in [0.1, 0.15) is 101 Å². The minimum absolute atomic E-state index is 0.0284. The van der Waals surface area contributed by atoms with E-state index in [4.69, 9.17) is 57.3 Å². The molecule has 2 saturated heterocycles. The summed E-state index contributed by atoms with van der Waals surface area (Å²) in [6.07, 6.45) is -19.9. The van der Waals surface area contributed by atoms with Crippen LogP contribution < -0.4 is 60.6 Å². The SMILES string of the molecule is Cc1c(N)nc(C(CC(N)=O)NCC(N)C(N)=O)nc1C(=O)NC(C(=O)NC(C)C(O)C(C)C(=O)NC(C(=O)NCCC1=NC(c2nc(C(=O)NCCC[S+](C)C)cs2)CS1)C(C)O)C(OC1OC(CO)C(O)C(O)C1OC1OC(CO)C(O)C(OC(N)=O)C1O)c1cnc[nH]1. The summed E-state index contributed by atoms with van der Waals surface area (Å²) in [5.41, 5.74) is 27.6. The van der Waals surface area contributed by atoms with Gasteiger partial charge in [-0.3, -0.25) is 38.6 Å². The first-order chi connectivity index (χ1) is 45.3. The van der Waals surface area contributed by atoms with E-state index in [1.165, 1.54) is 50.8 Å². The standard InChI is InChI=1S/C55H85N17O21S3/c1-20-33(69-46(72-44(20)58)25(12-31(57)76)64-13-24(56)45(59)82)50(86)71-35(41(26-14-61-19-65-26)91-54-43(39(80)37(78)29(15-73)90-54)92-53-40(81)42(93-55(60)88)38(79)30(16-74)89-53)51(87)66-22(3)36(77)21(2)47(83)70-34(23(4)75)49(85)63-10-8-32-67-28(18-94-32)52-68-27(17-95-52)48(84)62-9-7-11-96(5)6/h14,17,19,21-25,28-30,34-43,53-54,64,73-75,77-81H,7-13,15-16,18,56H2,1-6H3,(H13-,57,58,59,60,61,62,63,65,66,69,70,71,72,76,82,83,84,85,86,87,88)/p+1. The number of aliphatic hydroxyl groups is 8. The molecular weight excluding hydrogens is 1330 g/mol. The van der Waals surface area contributed by atoms with E-state index in [2.05, 4.69) is 69.3 Å². The summed E-state index contributed by atoms with van der Waals surface area (Å²) in [5.74, 6) is -7.06. The number of nitrogen functional groups attached to an aromatic ring is 1. The van der Waals surface area contributed by atoms with Crippen LogP contribution in [0.5, 0.6) is 0 Å². The second-order valence-electron chi connectivity index (χ2n) is 23.1. The Morgan fingerprint density at radius 3 is 2.14 bits per heavy atom. The lowest BCUT2D eigenvalue weighted by Crippen LogP contribution is -2.65. The number of thiazole rings is 1. The predicted octanol–water partition coefficient (Wildman–Crippen LogP) is -7.79. The average Bonchev–Trinajstić information content (AvgIpc) is 0.885. The van der Waals surface area contributed by atoms with Crippen molar-refractivity contribution in [3.63, 3.8) is 0 Å². The van der Waals surface area contributed by atoms with Gasteiger partial charge < -0.3 is 130 Å². The monoisotopic (exact) mass is 1420 g/mol. The van der Waals surface area contributed by atoms with Crippen LogP contribution in [0.4, 0.5) is 10.6 Å². The number of aliphatic imine (C=N–C) groups is 1. The van der Waals surface area contributed by atoms with Gasteiger partial charge in [0.2, 0.25) is 29.5 Å². The lowest BCUT2D eigenvalue weighted by atomic mass is 9.96. The third kappa shape index (κ3) is 20.8. The number of ether oxygens (including phenoxy) is 5. The molecule has 3 aromatic heterocycles. The number of hydrogen-bond donors (Lipinski definition) is 20. The van der Waals surface area contributed by atoms with Crippen LogP contribution in [0.15, 0.2) is 22.9 Å². The molecule has 96 heavy (non-hydrogen) atoms. The highest BCUT2D eigenvalue weighted by Gasteiger charge is 2.54. The summed E-state index contributed by atoms with van der Waals surface area (Å²) in [6, 6.07) is -8.14. The number of carbonyl (C=O) groups excluding carboxylic acids is 8. The molecular formula is C55H86N17O21S3+. The molecule has 0 aromatic carbocycles. The minimum Gasteiger partial charge on any atom is -0.441 e. The quantitative estimate of drug-likeness (QED) is 0.0192. The van der Waals surface area contributed by atoms with Crippen molar-refractivity contribution in [1.29, 1.82) is 0 Å². The molecule has 3 aliphatic heterocycles. The van der Waals surface area contributed by atoms with Crippen LogP contribution in [0.2, 0.25) is 0 Å². The Morgan fingerprint density at radius 1 is 0.823 bits per heavy atom. The number of carbonyl (C=O) groups is 8. The van der Waals surface area contributed by atoms with Crippen molar-refractivity contribution < 1.29 is 103 Å². The highest BCUT2D eigenvalue weighted by atomic mass is 32.2. The predicted molar refractivity (Wildman–Crippen MR) is 341 cm³/mol. The van der Waals surface area contributed by atoms with Crippen LogP contribution >= 0.6 is 23.1 Å². The highest BCUT2D eigenvalue weighted by molar-refractivity contribution is 8.14. The van der Waals surface area contributed by atoms with Gasteiger partial charge in [0.25, 0.3) is 11.8 Å². The van der Waals surface area contributed by atoms with E-state index >= 15 is 4.79 Å². The summed E-state index contributed by atoms with van der Waals surface area (Å²) in [5, 5.41) is 107. The maximum absolute atomic E-state index is 15.2. The number of aromatic nitrogens is 5. The van der Waals surface area contributed by atoms with Gasteiger partial charge in [-0.05, 0) is 31.7 Å². The molecule has 0 bridgehead atoms. The minimum atomic E-state index is -2.20. The third-order valence-corrected chi connectivity index (χ3v) is 18.7. The summed E-state index contributed by atoms with van der Waals surface area (Å²) >= 11 is 2.75. The molecule has 0 aliphatic carbocycles. The van der Waals surface area contributed by atoms with E-state index in [-0.39, 0.29) is 65.3 Å². The van der Waals surface area contributed by atoms with E-state index in [0.29, 0.717) is 28.0 Å². The third-order valence-electron chi connectivity index (χ3n) is 15.5. The second kappa shape index (κ2) is 36.1. The first kappa shape index (κ1) is 78.1. The highest BCUT2D eigenvalue weighted by Crippen LogP contribution is 2.36. The van der Waals surface area contributed by atoms with Crippen LogP contribution in [0, 0.1) is 12.8 Å². The Morgan fingerprint density at radius 2 is 1.51 bits per heavy atom. The second-order valence-corrected chi connectivity index (χ2v) is 27.4. The number of primary amides is 3. The van der Waals surface area contributed by atoms with E-state index in [1.807, 2.05) is 0 Å². The molecule has 3 aromatic rings. The Hall–Kier alpha value is -6.91. The van der Waals surface area contributed by atoms with E-state index in [9.17, 15) is 74.4 Å². The van der Waals surface area contributed by atoms with Gasteiger partial charge in [0.15, 0.2) is 18.7 Å². The van der Waals surface area contributed by atoms with Crippen LogP contribution in [-0.4, -0.2) is 273 Å². The number of aliphatic hydroxyl groups excluding tert-OH is 8. The maximum Gasteiger partial charge on any atom is 0.404 e. The van der Waals surface area contributed by atoms with Gasteiger partial charge in [0.05, 0.1) is 85.2 Å². The molecule has 20 atom stereocenters. The van der Waals surface area contributed by atoms with Gasteiger partial charge in [-0.2, -0.15) is 0 Å². The molecule has 534 valence electrons. The number of aromatic amines is 1. The molecule has 0 radical (unpaired) electrons. The lowest BCUT2D eigenvalue weighted by molar-refractivity contribution is -0.372. The fourth-order valence-electron chi connectivity index (χ4n) is 10.0. The Kier molecular flexibility index (Phi) is 29.3. The van der Waals surface area contributed by atoms with Crippen molar-refractivity contribution in [1.82, 2.24) is 56.8 Å². The molecule has 0 saturated carbocycles. The molecule has 6 heterocycles. The molecule has 0 spiro atoms. The van der Waals surface area contributed by atoms with Gasteiger partial charge in [-0.15, -0.1) is 23.1 Å².